The van der Waals surface area contributed by atoms with Gasteiger partial charge in [-0.15, -0.1) is 34.0 Å². The molecule has 3 aromatic carbocycles. The number of hydrogen-bond acceptors (Lipinski definition) is 12. The lowest BCUT2D eigenvalue weighted by Crippen LogP contribution is -2.35. The molecule has 0 bridgehead atoms. The van der Waals surface area contributed by atoms with Crippen LogP contribution in [0.4, 0.5) is 11.4 Å². The number of benzene rings is 3. The molecule has 0 spiro atoms. The molecule has 5 aliphatic rings. The molecule has 22 heteroatoms. The topological polar surface area (TPSA) is 6.48 Å². The van der Waals surface area contributed by atoms with E-state index in [4.69, 9.17) is 82.6 Å². The van der Waals surface area contributed by atoms with Gasteiger partial charge in [0.25, 0.3) is 0 Å². The fraction of sp³-hybridized carbons (Fsp3) is 0.556. The van der Waals surface area contributed by atoms with E-state index < -0.39 is 66.0 Å². The second kappa shape index (κ2) is 25.8. The van der Waals surface area contributed by atoms with Gasteiger partial charge in [-0.1, -0.05) is 132 Å². The molecule has 2 nitrogen and oxygen atoms in total. The molecule has 4 unspecified atom stereocenters. The molecule has 3 aromatic heterocycles. The largest absolute Gasteiger partial charge is 0.371 e. The van der Waals surface area contributed by atoms with Crippen LogP contribution in [-0.4, -0.2) is 154 Å². The monoisotopic (exact) mass is 1500 g/mol. The summed E-state index contributed by atoms with van der Waals surface area (Å²) in [6.07, 6.45) is 11.9. The Morgan fingerprint density at radius 1 is 0.482 bits per heavy atom. The van der Waals surface area contributed by atoms with Crippen molar-refractivity contribution in [2.24, 2.45) is 0 Å². The van der Waals surface area contributed by atoms with Gasteiger partial charge >= 0.3 is 0 Å². The smallest absolute Gasteiger partial charge is 0.0456 e. The fourth-order valence-electron chi connectivity index (χ4n) is 14.4. The van der Waals surface area contributed by atoms with Crippen LogP contribution in [0.2, 0.25) is 0 Å². The van der Waals surface area contributed by atoms with Gasteiger partial charge < -0.3 is 9.80 Å². The van der Waals surface area contributed by atoms with E-state index in [-0.39, 0.29) is 5.41 Å². The normalized spacial score (nSPS) is 19.1. The Kier molecular flexibility index (Phi) is 20.9. The van der Waals surface area contributed by atoms with Crippen LogP contribution in [0.15, 0.2) is 48.5 Å². The van der Waals surface area contributed by atoms with Crippen molar-refractivity contribution in [3.63, 3.8) is 0 Å². The highest BCUT2D eigenvalue weighted by atomic mass is 32.5. The van der Waals surface area contributed by atoms with Crippen LogP contribution in [0, 0.1) is 0 Å². The summed E-state index contributed by atoms with van der Waals surface area (Å²) in [5.41, 5.74) is 16.9. The van der Waals surface area contributed by atoms with E-state index in [1.165, 1.54) is 129 Å². The van der Waals surface area contributed by atoms with E-state index in [9.17, 15) is 0 Å². The van der Waals surface area contributed by atoms with Crippen LogP contribution >= 0.6 is 100 Å². The van der Waals surface area contributed by atoms with Gasteiger partial charge in [-0.3, -0.25) is 0 Å². The van der Waals surface area contributed by atoms with Crippen LogP contribution in [0.25, 0.3) is 41.4 Å². The summed E-state index contributed by atoms with van der Waals surface area (Å²) in [5.74, 6) is 6.62. The summed E-state index contributed by atoms with van der Waals surface area (Å²) in [6, 6.07) is 8.71. The van der Waals surface area contributed by atoms with E-state index in [1.54, 1.807) is 54.4 Å². The Labute approximate surface area is 565 Å². The highest BCUT2D eigenvalue weighted by molar-refractivity contribution is 8.23. The van der Waals surface area contributed by atoms with Crippen molar-refractivity contribution in [2.75, 3.05) is 164 Å². The third kappa shape index (κ3) is 15.7. The minimum atomic E-state index is -1.87. The first kappa shape index (κ1) is 68.8. The van der Waals surface area contributed by atoms with Gasteiger partial charge in [0.15, 0.2) is 0 Å². The lowest BCUT2D eigenvalue weighted by atomic mass is 9.76. The predicted octanol–water partition coefficient (Wildman–Crippen LogP) is 19.4. The van der Waals surface area contributed by atoms with E-state index in [0.29, 0.717) is 0 Å². The summed E-state index contributed by atoms with van der Waals surface area (Å²) < 4.78 is 4.62. The van der Waals surface area contributed by atoms with Crippen molar-refractivity contribution < 1.29 is 0 Å². The van der Waals surface area contributed by atoms with Crippen molar-refractivity contribution >= 4 is 224 Å². The maximum atomic E-state index is 7.10. The van der Waals surface area contributed by atoms with Crippen LogP contribution in [-0.2, 0) is 114 Å². The van der Waals surface area contributed by atoms with Crippen LogP contribution in [0.1, 0.15) is 72.9 Å². The van der Waals surface area contributed by atoms with Crippen molar-refractivity contribution in [2.45, 2.75) is 70.6 Å². The Hall–Kier alpha value is 2.46. The van der Waals surface area contributed by atoms with Gasteiger partial charge in [-0.05, 0) is 288 Å². The number of aryl methyl sites for hydroxylation is 3. The van der Waals surface area contributed by atoms with Crippen LogP contribution in [0.5, 0.6) is 0 Å². The summed E-state index contributed by atoms with van der Waals surface area (Å²) >= 11 is 52.8. The third-order valence-corrected chi connectivity index (χ3v) is 63.1. The molecule has 4 aliphatic heterocycles. The van der Waals surface area contributed by atoms with Crippen molar-refractivity contribution in [1.82, 2.24) is 0 Å². The molecular formula is C63H90N2P10S10. The minimum Gasteiger partial charge on any atom is -0.371 e. The first-order chi connectivity index (χ1) is 39.4. The van der Waals surface area contributed by atoms with Crippen LogP contribution < -0.4 is 29.6 Å². The van der Waals surface area contributed by atoms with Crippen molar-refractivity contribution in [3.8, 4) is 31.3 Å². The van der Waals surface area contributed by atoms with Gasteiger partial charge in [-0.2, -0.15) is 0 Å². The van der Waals surface area contributed by atoms with Crippen molar-refractivity contribution in [1.29, 1.82) is 0 Å². The average Bonchev–Trinajstić information content (AvgIpc) is 1.79. The first-order valence-electron chi connectivity index (χ1n) is 30.2. The first-order valence-corrected chi connectivity index (χ1v) is 64.2. The van der Waals surface area contributed by atoms with E-state index in [1.807, 2.05) is 22.7 Å². The minimum absolute atomic E-state index is 0.0745. The molecule has 85 heavy (non-hydrogen) atoms. The van der Waals surface area contributed by atoms with Crippen molar-refractivity contribution in [3.05, 3.63) is 81.9 Å². The van der Waals surface area contributed by atoms with E-state index in [0.717, 1.165) is 47.7 Å². The zero-order valence-corrected chi connectivity index (χ0v) is 69.8. The SMILES string of the molecule is CC1(C)c2cc(-c3cc(P(CP(C)(C)=S)CP(C)(=S)CCP(C)(=S)CP(CP(C)(C)=S)c4cc(-c5cc6cc7c8c(c6s5)CCCN8CCC7)sc4P(C)(C)=S)c(P(CP(C)(C)=S)CP(C)(C)=S)s3)ccc2-c2cc3c4c(c21)CCCN4CCC3. The molecule has 7 heterocycles. The van der Waals surface area contributed by atoms with Gasteiger partial charge in [0, 0.05) is 107 Å². The molecule has 462 valence electrons. The average molecular weight is 1510 g/mol. The molecule has 6 aromatic rings. The molecule has 0 amide bonds. The quantitative estimate of drug-likeness (QED) is 0.0645. The van der Waals surface area contributed by atoms with Crippen LogP contribution in [0.3, 0.4) is 0 Å². The zero-order valence-electron chi connectivity index (χ0n) is 52.7. The summed E-state index contributed by atoms with van der Waals surface area (Å²) in [4.78, 5) is 9.64. The maximum absolute atomic E-state index is 7.10. The number of rotatable bonds is 21. The molecule has 0 fully saturated rings. The number of anilines is 2. The number of fused-ring (bicyclic) bond motifs is 6. The lowest BCUT2D eigenvalue weighted by Gasteiger charge is -2.39. The molecule has 0 radical (unpaired) electrons. The zero-order chi connectivity index (χ0) is 61.4. The predicted molar refractivity (Wildman–Crippen MR) is 439 cm³/mol. The second-order valence-corrected chi connectivity index (χ2v) is 85.6. The summed E-state index contributed by atoms with van der Waals surface area (Å²) in [5, 5.41) is 4.59. The molecule has 0 N–H and O–H groups in total. The lowest BCUT2D eigenvalue weighted by molar-refractivity contribution is 0.606. The van der Waals surface area contributed by atoms with Gasteiger partial charge in [0.1, 0.15) is 0 Å². The third-order valence-electron chi connectivity index (χ3n) is 17.5. The Morgan fingerprint density at radius 2 is 0.965 bits per heavy atom. The van der Waals surface area contributed by atoms with E-state index >= 15 is 0 Å². The Bertz CT molecular complexity index is 3980. The van der Waals surface area contributed by atoms with Gasteiger partial charge in [0.05, 0.1) is 0 Å². The fourth-order valence-corrected chi connectivity index (χ4v) is 66.0. The van der Waals surface area contributed by atoms with Gasteiger partial charge in [0.2, 0.25) is 0 Å². The molecule has 1 aliphatic carbocycles. The summed E-state index contributed by atoms with van der Waals surface area (Å²) in [7, 11) is -1.80. The Balaban J connectivity index is 0.914. The second-order valence-electron chi connectivity index (χ2n) is 28.7. The molecular weight excluding hydrogens is 1420 g/mol. The molecule has 11 rings (SSSR count). The Morgan fingerprint density at radius 3 is 1.52 bits per heavy atom. The maximum Gasteiger partial charge on any atom is 0.0456 e. The number of nitrogens with zero attached hydrogens (tertiary/aromatic N) is 2. The molecule has 0 saturated carbocycles. The number of hydrogen-bond donors (Lipinski definition) is 0. The highest BCUT2D eigenvalue weighted by Gasteiger charge is 2.42. The highest BCUT2D eigenvalue weighted by Crippen LogP contribution is 2.67. The molecule has 0 saturated heterocycles. The molecule has 4 atom stereocenters. The number of thiophene rings is 3. The summed E-state index contributed by atoms with van der Waals surface area (Å²) in [6.45, 7) is 38.7. The van der Waals surface area contributed by atoms with Gasteiger partial charge in [-0.25, -0.2) is 0 Å². The standard InChI is InChI=1S/C63H90N2P10S10/c1-63(2)51-33-43(23-24-47(51)50-32-45-20-16-25-64-27-17-21-48(57(50)63)58(45)64)54-35-52(61(84-54)68(39-71(7,8)78)40-72(9,10)79)66(37-69(3,4)76)41-74(13,81)29-30-75(14,82)42-67(38-70(5,6)77)53-36-56(85-62(53)73(11,12)80)55-34-46-31-44-19-15-26-65-28-18-22-49(59(44)65)60(46)83-55/h23-24,31-36H,15-22,25-30,37-42H2,1-14H3. The van der Waals surface area contributed by atoms with E-state index in [2.05, 4.69) is 163 Å².